The van der Waals surface area contributed by atoms with Crippen LogP contribution in [0.1, 0.15) is 5.56 Å². The maximum atomic E-state index is 6.56. The van der Waals surface area contributed by atoms with Crippen LogP contribution in [0.4, 0.5) is 0 Å². The van der Waals surface area contributed by atoms with Gasteiger partial charge in [-0.25, -0.2) is 39.6 Å². The normalized spacial score (nSPS) is 11.3. The lowest BCUT2D eigenvalue weighted by molar-refractivity contribution is 0.483. The number of ether oxygens (including phenoxy) is 1. The van der Waals surface area contributed by atoms with Gasteiger partial charge in [0.25, 0.3) is 0 Å². The van der Waals surface area contributed by atoms with E-state index in [9.17, 15) is 0 Å². The fourth-order valence-corrected chi connectivity index (χ4v) is 6.29. The Morgan fingerprint density at radius 2 is 1.30 bits per heavy atom. The third kappa shape index (κ3) is 5.10. The first kappa shape index (κ1) is 29.0. The molecule has 0 saturated heterocycles. The topological polar surface area (TPSA) is 122 Å². The molecule has 0 spiro atoms. The highest BCUT2D eigenvalue weighted by Gasteiger charge is 2.26. The Morgan fingerprint density at radius 3 is 2.10 bits per heavy atom. The second-order valence-electron chi connectivity index (χ2n) is 11.6. The van der Waals surface area contributed by atoms with Crippen molar-refractivity contribution in [3.8, 4) is 57.2 Å². The quantitative estimate of drug-likeness (QED) is 0.170. The number of rotatable bonds is 7. The first-order valence-electron chi connectivity index (χ1n) is 15.9. The van der Waals surface area contributed by atoms with E-state index >= 15 is 0 Å². The molecule has 5 heterocycles. The Balaban J connectivity index is 1.18. The molecule has 9 aromatic rings. The highest BCUT2D eigenvalue weighted by Crippen LogP contribution is 2.40. The van der Waals surface area contributed by atoms with E-state index in [1.165, 1.54) is 25.3 Å². The summed E-state index contributed by atoms with van der Waals surface area (Å²) in [5.74, 6) is 3.02. The number of benzene rings is 4. The number of pyridine rings is 1. The predicted molar refractivity (Wildman–Crippen MR) is 190 cm³/mol. The summed E-state index contributed by atoms with van der Waals surface area (Å²) in [6, 6.07) is 36.3. The van der Waals surface area contributed by atoms with Gasteiger partial charge in [-0.1, -0.05) is 54.6 Å². The average molecular weight is 651 g/mol. The molecule has 0 aliphatic carbocycles. The van der Waals surface area contributed by atoms with Gasteiger partial charge in [-0.15, -0.1) is 0 Å². The number of aryl methyl sites for hydroxylation is 1. The first-order valence-corrected chi connectivity index (χ1v) is 15.9. The van der Waals surface area contributed by atoms with Crippen molar-refractivity contribution < 1.29 is 4.74 Å². The lowest BCUT2D eigenvalue weighted by atomic mass is 10.0. The zero-order chi connectivity index (χ0) is 33.4. The van der Waals surface area contributed by atoms with Crippen molar-refractivity contribution in [1.29, 1.82) is 0 Å². The standard InChI is InChI=1S/C39H26N10O/c1-25-16-17-42-34(18-25)48-32-13-6-5-12-30(32)31-15-14-29(20-33(31)48)50-28-11-7-10-27(19-28)49-37(39-45-23-41-24-46-39)35(26-8-3-2-4-9-26)36(47-49)38-43-21-40-22-44-38/h2-24H,1H3. The van der Waals surface area contributed by atoms with Crippen molar-refractivity contribution in [1.82, 2.24) is 49.2 Å². The fourth-order valence-electron chi connectivity index (χ4n) is 6.29. The van der Waals surface area contributed by atoms with Crippen LogP contribution in [-0.4, -0.2) is 49.2 Å². The van der Waals surface area contributed by atoms with Crippen molar-refractivity contribution in [2.24, 2.45) is 0 Å². The molecule has 0 N–H and O–H groups in total. The number of para-hydroxylation sites is 1. The molecule has 11 nitrogen and oxygen atoms in total. The van der Waals surface area contributed by atoms with E-state index in [0.717, 1.165) is 50.0 Å². The molecule has 0 aliphatic heterocycles. The third-order valence-corrected chi connectivity index (χ3v) is 8.43. The molecule has 0 unspecified atom stereocenters. The smallest absolute Gasteiger partial charge is 0.183 e. The number of aromatic nitrogens is 10. The predicted octanol–water partition coefficient (Wildman–Crippen LogP) is 7.84. The second kappa shape index (κ2) is 12.1. The second-order valence-corrected chi connectivity index (χ2v) is 11.6. The largest absolute Gasteiger partial charge is 0.457 e. The van der Waals surface area contributed by atoms with E-state index in [0.29, 0.717) is 34.5 Å². The molecule has 5 aromatic heterocycles. The van der Waals surface area contributed by atoms with Crippen LogP contribution in [0.3, 0.4) is 0 Å². The zero-order valence-corrected chi connectivity index (χ0v) is 26.7. The SMILES string of the molecule is Cc1ccnc(-n2c3ccccc3c3ccc(Oc4cccc(-n5nc(-c6ncncn6)c(-c6ccccc6)c5-c5ncncn5)c4)cc32)c1. The van der Waals surface area contributed by atoms with Crippen LogP contribution in [0, 0.1) is 6.92 Å². The van der Waals surface area contributed by atoms with Crippen LogP contribution in [0.5, 0.6) is 11.5 Å². The molecule has 0 radical (unpaired) electrons. The van der Waals surface area contributed by atoms with Crippen LogP contribution in [0.25, 0.3) is 67.5 Å². The Labute approximate surface area is 285 Å². The van der Waals surface area contributed by atoms with Gasteiger partial charge in [0.2, 0.25) is 0 Å². The molecular formula is C39H26N10O. The average Bonchev–Trinajstić information content (AvgIpc) is 3.73. The van der Waals surface area contributed by atoms with Crippen LogP contribution in [0.15, 0.2) is 141 Å². The first-order chi connectivity index (χ1) is 24.7. The summed E-state index contributed by atoms with van der Waals surface area (Å²) in [5, 5.41) is 7.33. The summed E-state index contributed by atoms with van der Waals surface area (Å²) in [7, 11) is 0. The van der Waals surface area contributed by atoms with Crippen LogP contribution in [0.2, 0.25) is 0 Å². The van der Waals surface area contributed by atoms with Crippen LogP contribution in [-0.2, 0) is 0 Å². The van der Waals surface area contributed by atoms with E-state index in [1.807, 2.05) is 79.0 Å². The third-order valence-electron chi connectivity index (χ3n) is 8.43. The number of hydrogen-bond donors (Lipinski definition) is 0. The molecule has 0 saturated carbocycles. The van der Waals surface area contributed by atoms with Gasteiger partial charge in [0.15, 0.2) is 11.6 Å². The van der Waals surface area contributed by atoms with Crippen LogP contribution < -0.4 is 4.74 Å². The van der Waals surface area contributed by atoms with E-state index in [2.05, 4.69) is 77.8 Å². The van der Waals surface area contributed by atoms with Gasteiger partial charge < -0.3 is 4.74 Å². The Kier molecular flexibility index (Phi) is 7.05. The maximum absolute atomic E-state index is 6.56. The van der Waals surface area contributed by atoms with Crippen molar-refractivity contribution in [3.05, 3.63) is 146 Å². The van der Waals surface area contributed by atoms with E-state index in [4.69, 9.17) is 14.8 Å². The summed E-state index contributed by atoms with van der Waals surface area (Å²) < 4.78 is 10.5. The minimum Gasteiger partial charge on any atom is -0.457 e. The fraction of sp³-hybridized carbons (Fsp3) is 0.0256. The molecule has 0 fully saturated rings. The lowest BCUT2D eigenvalue weighted by Gasteiger charge is -2.12. The lowest BCUT2D eigenvalue weighted by Crippen LogP contribution is -2.03. The molecule has 0 atom stereocenters. The van der Waals surface area contributed by atoms with Gasteiger partial charge in [0.1, 0.15) is 54.0 Å². The van der Waals surface area contributed by atoms with Gasteiger partial charge in [-0.05, 0) is 60.5 Å². The summed E-state index contributed by atoms with van der Waals surface area (Å²) in [6.07, 6.45) is 7.70. The van der Waals surface area contributed by atoms with Gasteiger partial charge >= 0.3 is 0 Å². The number of hydrogen-bond acceptors (Lipinski definition) is 9. The molecule has 11 heteroatoms. The monoisotopic (exact) mass is 650 g/mol. The minimum absolute atomic E-state index is 0.423. The summed E-state index contributed by atoms with van der Waals surface area (Å²) in [6.45, 7) is 2.07. The van der Waals surface area contributed by atoms with Crippen molar-refractivity contribution >= 4 is 21.8 Å². The molecule has 238 valence electrons. The van der Waals surface area contributed by atoms with E-state index < -0.39 is 0 Å². The summed E-state index contributed by atoms with van der Waals surface area (Å²) in [4.78, 5) is 30.7. The summed E-state index contributed by atoms with van der Waals surface area (Å²) in [5.41, 5.74) is 6.83. The molecule has 0 bridgehead atoms. The van der Waals surface area contributed by atoms with Gasteiger partial charge in [0, 0.05) is 34.7 Å². The highest BCUT2D eigenvalue weighted by atomic mass is 16.5. The van der Waals surface area contributed by atoms with Crippen LogP contribution >= 0.6 is 0 Å². The molecule has 4 aromatic carbocycles. The highest BCUT2D eigenvalue weighted by molar-refractivity contribution is 6.09. The van der Waals surface area contributed by atoms with Crippen molar-refractivity contribution in [3.63, 3.8) is 0 Å². The Morgan fingerprint density at radius 1 is 0.580 bits per heavy atom. The molecule has 0 amide bonds. The zero-order valence-electron chi connectivity index (χ0n) is 26.7. The van der Waals surface area contributed by atoms with Gasteiger partial charge in [0.05, 0.1) is 16.7 Å². The van der Waals surface area contributed by atoms with Gasteiger partial charge in [-0.3, -0.25) is 4.57 Å². The van der Waals surface area contributed by atoms with E-state index in [-0.39, 0.29) is 0 Å². The number of nitrogens with zero attached hydrogens (tertiary/aromatic N) is 10. The summed E-state index contributed by atoms with van der Waals surface area (Å²) >= 11 is 0. The molecule has 50 heavy (non-hydrogen) atoms. The maximum Gasteiger partial charge on any atom is 0.183 e. The Bertz CT molecular complexity index is 2640. The van der Waals surface area contributed by atoms with E-state index in [1.54, 1.807) is 4.68 Å². The van der Waals surface area contributed by atoms with Gasteiger partial charge in [-0.2, -0.15) is 5.10 Å². The molecule has 9 rings (SSSR count). The van der Waals surface area contributed by atoms with Crippen molar-refractivity contribution in [2.45, 2.75) is 6.92 Å². The Hall–Kier alpha value is -7.14. The van der Waals surface area contributed by atoms with Crippen molar-refractivity contribution in [2.75, 3.05) is 0 Å². The molecule has 0 aliphatic rings. The number of fused-ring (bicyclic) bond motifs is 3. The minimum atomic E-state index is 0.423. The molecular weight excluding hydrogens is 624 g/mol.